The van der Waals surface area contributed by atoms with Crippen LogP contribution in [-0.4, -0.2) is 30.3 Å². The topological polar surface area (TPSA) is 83.7 Å². The molecule has 130 valence electrons. The second-order valence-electron chi connectivity index (χ2n) is 5.00. The van der Waals surface area contributed by atoms with Crippen LogP contribution < -0.4 is 9.47 Å². The van der Waals surface area contributed by atoms with Crippen LogP contribution in [0, 0.1) is 0 Å². The van der Waals surface area contributed by atoms with Gasteiger partial charge >= 0.3 is 5.97 Å². The molecule has 0 bridgehead atoms. The zero-order chi connectivity index (χ0) is 17.6. The van der Waals surface area contributed by atoms with Gasteiger partial charge in [0, 0.05) is 11.6 Å². The molecule has 0 amide bonds. The largest absolute Gasteiger partial charge is 0.497 e. The van der Waals surface area contributed by atoms with E-state index in [0.29, 0.717) is 22.9 Å². The molecule has 8 heteroatoms. The van der Waals surface area contributed by atoms with E-state index < -0.39 is 5.97 Å². The molecule has 2 heterocycles. The SMILES string of the molecule is COc1ccc(CC(=O)OCc2nc(-c3cccs3)no2)c(OC)c1. The van der Waals surface area contributed by atoms with Gasteiger partial charge in [-0.05, 0) is 17.5 Å². The maximum Gasteiger partial charge on any atom is 0.310 e. The van der Waals surface area contributed by atoms with Gasteiger partial charge in [-0.2, -0.15) is 4.98 Å². The van der Waals surface area contributed by atoms with E-state index in [-0.39, 0.29) is 18.9 Å². The first kappa shape index (κ1) is 17.0. The third-order valence-corrected chi connectivity index (χ3v) is 4.26. The molecule has 0 N–H and O–H groups in total. The van der Waals surface area contributed by atoms with E-state index in [1.54, 1.807) is 25.3 Å². The number of ether oxygens (including phenoxy) is 3. The first-order chi connectivity index (χ1) is 12.2. The lowest BCUT2D eigenvalue weighted by Crippen LogP contribution is -2.09. The molecule has 0 spiro atoms. The van der Waals surface area contributed by atoms with Crippen molar-refractivity contribution in [3.8, 4) is 22.2 Å². The number of hydrogen-bond donors (Lipinski definition) is 0. The first-order valence-corrected chi connectivity index (χ1v) is 8.30. The van der Waals surface area contributed by atoms with Gasteiger partial charge in [-0.3, -0.25) is 4.79 Å². The predicted octanol–water partition coefficient (Wildman–Crippen LogP) is 3.10. The highest BCUT2D eigenvalue weighted by molar-refractivity contribution is 7.13. The van der Waals surface area contributed by atoms with E-state index in [9.17, 15) is 4.79 Å². The number of esters is 1. The van der Waals surface area contributed by atoms with Crippen LogP contribution in [0.15, 0.2) is 40.2 Å². The lowest BCUT2D eigenvalue weighted by atomic mass is 10.1. The Labute approximate surface area is 148 Å². The average Bonchev–Trinajstić information content (AvgIpc) is 3.31. The summed E-state index contributed by atoms with van der Waals surface area (Å²) < 4.78 is 20.7. The minimum absolute atomic E-state index is 0.0685. The predicted molar refractivity (Wildman–Crippen MR) is 90.7 cm³/mol. The lowest BCUT2D eigenvalue weighted by Gasteiger charge is -2.09. The summed E-state index contributed by atoms with van der Waals surface area (Å²) in [5.41, 5.74) is 0.707. The zero-order valence-corrected chi connectivity index (χ0v) is 14.5. The molecule has 0 aliphatic carbocycles. The summed E-state index contributed by atoms with van der Waals surface area (Å²) in [6.07, 6.45) is 0.0685. The average molecular weight is 360 g/mol. The first-order valence-electron chi connectivity index (χ1n) is 7.42. The van der Waals surface area contributed by atoms with Crippen LogP contribution in [0.1, 0.15) is 11.5 Å². The number of carbonyl (C=O) groups excluding carboxylic acids is 1. The molecule has 0 aliphatic heterocycles. The summed E-state index contributed by atoms with van der Waals surface area (Å²) in [4.78, 5) is 17.1. The van der Waals surface area contributed by atoms with Crippen LogP contribution >= 0.6 is 11.3 Å². The van der Waals surface area contributed by atoms with Gasteiger partial charge in [0.15, 0.2) is 6.61 Å². The summed E-state index contributed by atoms with van der Waals surface area (Å²) in [6, 6.07) is 9.03. The highest BCUT2D eigenvalue weighted by atomic mass is 32.1. The fourth-order valence-electron chi connectivity index (χ4n) is 2.17. The van der Waals surface area contributed by atoms with Crippen molar-refractivity contribution in [3.05, 3.63) is 47.2 Å². The van der Waals surface area contributed by atoms with Gasteiger partial charge in [-0.25, -0.2) is 0 Å². The molecule has 0 radical (unpaired) electrons. The number of carbonyl (C=O) groups is 1. The van der Waals surface area contributed by atoms with Crippen LogP contribution in [-0.2, 0) is 22.6 Å². The van der Waals surface area contributed by atoms with E-state index in [4.69, 9.17) is 18.7 Å². The Morgan fingerprint density at radius 3 is 2.84 bits per heavy atom. The molecule has 25 heavy (non-hydrogen) atoms. The molecule has 0 saturated carbocycles. The van der Waals surface area contributed by atoms with Gasteiger partial charge < -0.3 is 18.7 Å². The Balaban J connectivity index is 1.58. The van der Waals surface area contributed by atoms with Gasteiger partial charge in [0.25, 0.3) is 5.89 Å². The number of hydrogen-bond acceptors (Lipinski definition) is 8. The fourth-order valence-corrected chi connectivity index (χ4v) is 2.82. The quantitative estimate of drug-likeness (QED) is 0.599. The number of aromatic nitrogens is 2. The number of thiophene rings is 1. The van der Waals surface area contributed by atoms with Crippen LogP contribution in [0.25, 0.3) is 10.7 Å². The minimum atomic E-state index is -0.417. The smallest absolute Gasteiger partial charge is 0.310 e. The summed E-state index contributed by atoms with van der Waals surface area (Å²) in [5.74, 6) is 1.53. The van der Waals surface area contributed by atoms with Crippen molar-refractivity contribution >= 4 is 17.3 Å². The normalized spacial score (nSPS) is 10.5. The monoisotopic (exact) mass is 360 g/mol. The van der Waals surface area contributed by atoms with Crippen LogP contribution in [0.5, 0.6) is 11.5 Å². The molecule has 0 unspecified atom stereocenters. The molecule has 3 rings (SSSR count). The van der Waals surface area contributed by atoms with Crippen molar-refractivity contribution < 1.29 is 23.5 Å². The molecular weight excluding hydrogens is 344 g/mol. The Morgan fingerprint density at radius 2 is 2.12 bits per heavy atom. The molecular formula is C17H16N2O5S. The molecule has 0 atom stereocenters. The number of methoxy groups -OCH3 is 2. The summed E-state index contributed by atoms with van der Waals surface area (Å²) >= 11 is 1.51. The number of benzene rings is 1. The van der Waals surface area contributed by atoms with Gasteiger partial charge in [0.1, 0.15) is 11.5 Å². The van der Waals surface area contributed by atoms with Gasteiger partial charge in [0.2, 0.25) is 5.82 Å². The summed E-state index contributed by atoms with van der Waals surface area (Å²) in [7, 11) is 3.10. The fraction of sp³-hybridized carbons (Fsp3) is 0.235. The molecule has 0 aliphatic rings. The second-order valence-corrected chi connectivity index (χ2v) is 5.95. The van der Waals surface area contributed by atoms with Crippen molar-refractivity contribution in [2.75, 3.05) is 14.2 Å². The van der Waals surface area contributed by atoms with Crippen LogP contribution in [0.3, 0.4) is 0 Å². The van der Waals surface area contributed by atoms with E-state index in [1.807, 2.05) is 17.5 Å². The van der Waals surface area contributed by atoms with Crippen LogP contribution in [0.2, 0.25) is 0 Å². The number of rotatable bonds is 7. The second kappa shape index (κ2) is 7.80. The Hall–Kier alpha value is -2.87. The van der Waals surface area contributed by atoms with E-state index >= 15 is 0 Å². The van der Waals surface area contributed by atoms with Crippen molar-refractivity contribution in [1.82, 2.24) is 10.1 Å². The van der Waals surface area contributed by atoms with Gasteiger partial charge in [-0.15, -0.1) is 11.3 Å². The Morgan fingerprint density at radius 1 is 1.24 bits per heavy atom. The maximum atomic E-state index is 12.0. The zero-order valence-electron chi connectivity index (χ0n) is 13.7. The van der Waals surface area contributed by atoms with Crippen LogP contribution in [0.4, 0.5) is 0 Å². The molecule has 3 aromatic rings. The molecule has 0 fully saturated rings. The molecule has 2 aromatic heterocycles. The van der Waals surface area contributed by atoms with E-state index in [0.717, 1.165) is 4.88 Å². The minimum Gasteiger partial charge on any atom is -0.497 e. The molecule has 0 saturated heterocycles. The van der Waals surface area contributed by atoms with Crippen molar-refractivity contribution in [1.29, 1.82) is 0 Å². The molecule has 7 nitrogen and oxygen atoms in total. The Kier molecular flexibility index (Phi) is 5.30. The summed E-state index contributed by atoms with van der Waals surface area (Å²) in [5, 5.41) is 5.79. The van der Waals surface area contributed by atoms with E-state index in [2.05, 4.69) is 10.1 Å². The van der Waals surface area contributed by atoms with Crippen molar-refractivity contribution in [2.24, 2.45) is 0 Å². The highest BCUT2D eigenvalue weighted by Gasteiger charge is 2.14. The number of nitrogens with zero attached hydrogens (tertiary/aromatic N) is 2. The Bertz CT molecular complexity index is 845. The third kappa shape index (κ3) is 4.16. The highest BCUT2D eigenvalue weighted by Crippen LogP contribution is 2.25. The summed E-state index contributed by atoms with van der Waals surface area (Å²) in [6.45, 7) is -0.0737. The standard InChI is InChI=1S/C17H16N2O5S/c1-21-12-6-5-11(13(9-12)22-2)8-16(20)23-10-15-18-17(19-24-15)14-4-3-7-25-14/h3-7,9H,8,10H2,1-2H3. The third-order valence-electron chi connectivity index (χ3n) is 3.40. The molecule has 1 aromatic carbocycles. The lowest BCUT2D eigenvalue weighted by molar-refractivity contribution is -0.144. The van der Waals surface area contributed by atoms with Gasteiger partial charge in [0.05, 0.1) is 25.5 Å². The van der Waals surface area contributed by atoms with Crippen molar-refractivity contribution in [2.45, 2.75) is 13.0 Å². The maximum absolute atomic E-state index is 12.0. The van der Waals surface area contributed by atoms with Crippen molar-refractivity contribution in [3.63, 3.8) is 0 Å². The van der Waals surface area contributed by atoms with Gasteiger partial charge in [-0.1, -0.05) is 17.3 Å². The van der Waals surface area contributed by atoms with E-state index in [1.165, 1.54) is 18.4 Å².